The largest absolute Gasteiger partial charge is 0.361 e. The number of carbonyl (C=O) groups excluding carboxylic acids is 4. The van der Waals surface area contributed by atoms with Crippen LogP contribution in [0.2, 0.25) is 0 Å². The van der Waals surface area contributed by atoms with Gasteiger partial charge in [-0.25, -0.2) is 4.98 Å². The number of hydrogen-bond donors (Lipinski definition) is 4. The van der Waals surface area contributed by atoms with Crippen LogP contribution in [-0.2, 0) is 32.0 Å². The molecule has 0 spiro atoms. The summed E-state index contributed by atoms with van der Waals surface area (Å²) in [5, 5.41) is 13.0. The fraction of sp³-hybridized carbons (Fsp3) is 0.531. The predicted octanol–water partition coefficient (Wildman–Crippen LogP) is 3.25. The van der Waals surface area contributed by atoms with Gasteiger partial charge in [0.1, 0.15) is 12.1 Å². The first kappa shape index (κ1) is 30.7. The van der Waals surface area contributed by atoms with Crippen LogP contribution in [0.15, 0.2) is 35.8 Å². The standard InChI is InChI=1S/C32H42N6O4S/c1-18(2)25-10-9-19(3)11-29(39)36-27(12-21-15-33-26-8-6-5-7-24(21)26)32(42)38-16-22(13-28(38)31(41)37-25)35-30(40)14-23-17-43-20(4)34-23/h5-8,15,17-19,22,25,27-28,33H,9-14,16H2,1-4H3,(H,35,40)(H,36,39)(H,37,41)/t19-,22-,25+,27-,28+/m1/s1. The fourth-order valence-corrected chi connectivity index (χ4v) is 6.89. The number of benzene rings is 1. The van der Waals surface area contributed by atoms with Gasteiger partial charge in [-0.3, -0.25) is 19.2 Å². The van der Waals surface area contributed by atoms with Gasteiger partial charge in [-0.15, -0.1) is 11.3 Å². The van der Waals surface area contributed by atoms with Gasteiger partial charge in [0.25, 0.3) is 0 Å². The monoisotopic (exact) mass is 606 g/mol. The number of rotatable bonds is 6. The molecule has 4 amide bonds. The third-order valence-corrected chi connectivity index (χ3v) is 9.45. The van der Waals surface area contributed by atoms with E-state index in [1.165, 1.54) is 11.3 Å². The van der Waals surface area contributed by atoms with Crippen molar-refractivity contribution in [2.75, 3.05) is 6.54 Å². The van der Waals surface area contributed by atoms with E-state index in [9.17, 15) is 19.2 Å². The number of aromatic nitrogens is 2. The maximum atomic E-state index is 14.3. The molecule has 4 heterocycles. The van der Waals surface area contributed by atoms with E-state index in [-0.39, 0.29) is 60.9 Å². The molecule has 10 nitrogen and oxygen atoms in total. The average Bonchev–Trinajstić information content (AvgIpc) is 3.68. The summed E-state index contributed by atoms with van der Waals surface area (Å²) in [5.41, 5.74) is 2.56. The smallest absolute Gasteiger partial charge is 0.246 e. The molecule has 5 atom stereocenters. The molecule has 2 aromatic heterocycles. The lowest BCUT2D eigenvalue weighted by Gasteiger charge is -2.30. The first-order valence-corrected chi connectivity index (χ1v) is 16.1. The van der Waals surface area contributed by atoms with Crippen LogP contribution < -0.4 is 16.0 Å². The van der Waals surface area contributed by atoms with E-state index in [0.717, 1.165) is 34.3 Å². The van der Waals surface area contributed by atoms with Crippen molar-refractivity contribution >= 4 is 45.9 Å². The molecule has 3 aromatic rings. The number of aryl methyl sites for hydroxylation is 1. The summed E-state index contributed by atoms with van der Waals surface area (Å²) in [5.74, 6) is -0.627. The number of thiazole rings is 1. The first-order chi connectivity index (χ1) is 20.6. The van der Waals surface area contributed by atoms with Crippen LogP contribution in [0.3, 0.4) is 0 Å². The van der Waals surface area contributed by atoms with Crippen molar-refractivity contribution in [2.45, 2.75) is 90.4 Å². The zero-order valence-electron chi connectivity index (χ0n) is 25.3. The molecule has 43 heavy (non-hydrogen) atoms. The molecule has 0 saturated carbocycles. The Morgan fingerprint density at radius 3 is 2.70 bits per heavy atom. The SMILES string of the molecule is Cc1nc(CC(=O)N[C@@H]2C[C@H]3C(=O)N[C@H](C(C)C)CC[C@@H](C)CC(=O)N[C@H](Cc4c[nH]c5ccccc45)C(=O)N3C2)cs1. The van der Waals surface area contributed by atoms with Crippen molar-refractivity contribution in [1.82, 2.24) is 30.8 Å². The molecule has 5 rings (SSSR count). The van der Waals surface area contributed by atoms with Crippen molar-refractivity contribution < 1.29 is 19.2 Å². The fourth-order valence-electron chi connectivity index (χ4n) is 6.27. The second kappa shape index (κ2) is 13.3. The third kappa shape index (κ3) is 7.44. The number of fused-ring (bicyclic) bond motifs is 2. The van der Waals surface area contributed by atoms with Crippen molar-refractivity contribution in [3.05, 3.63) is 52.1 Å². The minimum absolute atomic E-state index is 0.0840. The zero-order valence-corrected chi connectivity index (χ0v) is 26.1. The summed E-state index contributed by atoms with van der Waals surface area (Å²) in [6, 6.07) is 5.74. The van der Waals surface area contributed by atoms with Crippen LogP contribution in [-0.4, -0.2) is 69.2 Å². The van der Waals surface area contributed by atoms with E-state index in [4.69, 9.17) is 0 Å². The van der Waals surface area contributed by atoms with Gasteiger partial charge in [-0.05, 0) is 49.7 Å². The summed E-state index contributed by atoms with van der Waals surface area (Å²) in [7, 11) is 0. The molecule has 0 aliphatic carbocycles. The Labute approximate surface area is 256 Å². The van der Waals surface area contributed by atoms with Crippen LogP contribution in [0, 0.1) is 18.8 Å². The number of para-hydroxylation sites is 1. The number of H-pyrrole nitrogens is 1. The minimum atomic E-state index is -0.858. The number of amides is 4. The van der Waals surface area contributed by atoms with Gasteiger partial charge < -0.3 is 25.8 Å². The van der Waals surface area contributed by atoms with E-state index >= 15 is 0 Å². The van der Waals surface area contributed by atoms with Crippen LogP contribution in [0.4, 0.5) is 0 Å². The van der Waals surface area contributed by atoms with Gasteiger partial charge in [0.15, 0.2) is 0 Å². The Morgan fingerprint density at radius 2 is 1.95 bits per heavy atom. The molecule has 2 saturated heterocycles. The Kier molecular flexibility index (Phi) is 9.49. The quantitative estimate of drug-likeness (QED) is 0.342. The molecule has 2 aliphatic rings. The van der Waals surface area contributed by atoms with Crippen LogP contribution in [0.5, 0.6) is 0 Å². The lowest BCUT2D eigenvalue weighted by Crippen LogP contribution is -2.55. The topological polar surface area (TPSA) is 136 Å². The highest BCUT2D eigenvalue weighted by atomic mass is 32.1. The van der Waals surface area contributed by atoms with Gasteiger partial charge in [0, 0.05) is 53.9 Å². The molecule has 2 fully saturated rings. The number of nitrogens with zero attached hydrogens (tertiary/aromatic N) is 2. The Hall–Kier alpha value is -3.73. The van der Waals surface area contributed by atoms with Crippen molar-refractivity contribution in [3.8, 4) is 0 Å². The number of hydrogen-bond acceptors (Lipinski definition) is 6. The van der Waals surface area contributed by atoms with E-state index < -0.39 is 18.1 Å². The molecule has 11 heteroatoms. The Morgan fingerprint density at radius 1 is 1.16 bits per heavy atom. The second-order valence-corrected chi connectivity index (χ2v) is 13.5. The summed E-state index contributed by atoms with van der Waals surface area (Å²) in [6.45, 7) is 8.25. The number of nitrogens with one attached hydrogen (secondary N) is 4. The summed E-state index contributed by atoms with van der Waals surface area (Å²) in [6.07, 6.45) is 4.41. The van der Waals surface area contributed by atoms with Gasteiger partial charge in [0.05, 0.1) is 17.1 Å². The summed E-state index contributed by atoms with van der Waals surface area (Å²) in [4.78, 5) is 63.5. The van der Waals surface area contributed by atoms with E-state index in [0.29, 0.717) is 18.5 Å². The zero-order chi connectivity index (χ0) is 30.7. The summed E-state index contributed by atoms with van der Waals surface area (Å²) >= 11 is 1.49. The molecule has 2 aliphatic heterocycles. The molecular formula is C32H42N6O4S. The number of aromatic amines is 1. The van der Waals surface area contributed by atoms with Gasteiger partial charge >= 0.3 is 0 Å². The normalized spacial score (nSPS) is 25.5. The van der Waals surface area contributed by atoms with Crippen molar-refractivity contribution in [3.63, 3.8) is 0 Å². The lowest BCUT2D eigenvalue weighted by atomic mass is 9.92. The molecule has 0 radical (unpaired) electrons. The van der Waals surface area contributed by atoms with Crippen molar-refractivity contribution in [2.24, 2.45) is 11.8 Å². The molecule has 1 aromatic carbocycles. The minimum Gasteiger partial charge on any atom is -0.361 e. The van der Waals surface area contributed by atoms with E-state index in [1.54, 1.807) is 4.90 Å². The van der Waals surface area contributed by atoms with Gasteiger partial charge in [0.2, 0.25) is 23.6 Å². The highest BCUT2D eigenvalue weighted by Crippen LogP contribution is 2.25. The molecule has 230 valence electrons. The van der Waals surface area contributed by atoms with E-state index in [1.807, 2.05) is 49.7 Å². The van der Waals surface area contributed by atoms with Gasteiger partial charge in [-0.1, -0.05) is 39.0 Å². The third-order valence-electron chi connectivity index (χ3n) is 8.63. The van der Waals surface area contributed by atoms with Crippen LogP contribution in [0.1, 0.15) is 62.7 Å². The molecule has 0 unspecified atom stereocenters. The Balaban J connectivity index is 1.42. The summed E-state index contributed by atoms with van der Waals surface area (Å²) < 4.78 is 0. The van der Waals surface area contributed by atoms with Crippen LogP contribution >= 0.6 is 11.3 Å². The number of carbonyl (C=O) groups is 4. The highest BCUT2D eigenvalue weighted by Gasteiger charge is 2.43. The Bertz CT molecular complexity index is 1480. The van der Waals surface area contributed by atoms with Crippen molar-refractivity contribution in [1.29, 1.82) is 0 Å². The van der Waals surface area contributed by atoms with Crippen LogP contribution in [0.25, 0.3) is 10.9 Å². The maximum Gasteiger partial charge on any atom is 0.246 e. The molecule has 4 N–H and O–H groups in total. The maximum absolute atomic E-state index is 14.3. The highest BCUT2D eigenvalue weighted by molar-refractivity contribution is 7.09. The molecule has 0 bridgehead atoms. The average molecular weight is 607 g/mol. The predicted molar refractivity (Wildman–Crippen MR) is 166 cm³/mol. The lowest BCUT2D eigenvalue weighted by molar-refractivity contribution is -0.141. The van der Waals surface area contributed by atoms with E-state index in [2.05, 4.69) is 39.8 Å². The second-order valence-electron chi connectivity index (χ2n) is 12.5. The first-order valence-electron chi connectivity index (χ1n) is 15.2. The molecular weight excluding hydrogens is 564 g/mol. The van der Waals surface area contributed by atoms with Gasteiger partial charge in [-0.2, -0.15) is 0 Å².